The molecule has 0 aliphatic rings. The maximum atomic E-state index is 12.0. The first-order valence-corrected chi connectivity index (χ1v) is 7.17. The van der Waals surface area contributed by atoms with Gasteiger partial charge >= 0.3 is 0 Å². The molecule has 110 valence electrons. The number of hydrogen-bond acceptors (Lipinski definition) is 2. The Balaban J connectivity index is 1.77. The van der Waals surface area contributed by atoms with Crippen molar-refractivity contribution in [3.05, 3.63) is 65.2 Å². The lowest BCUT2D eigenvalue weighted by Gasteiger charge is -2.07. The van der Waals surface area contributed by atoms with Crippen LogP contribution in [-0.2, 0) is 6.42 Å². The van der Waals surface area contributed by atoms with Crippen molar-refractivity contribution in [2.24, 2.45) is 0 Å². The summed E-state index contributed by atoms with van der Waals surface area (Å²) in [5.41, 5.74) is 3.20. The van der Waals surface area contributed by atoms with E-state index in [1.807, 2.05) is 12.1 Å². The van der Waals surface area contributed by atoms with Crippen molar-refractivity contribution in [2.75, 3.05) is 13.7 Å². The highest BCUT2D eigenvalue weighted by Gasteiger charge is 2.05. The molecule has 2 aromatic rings. The molecule has 0 heterocycles. The highest BCUT2D eigenvalue weighted by molar-refractivity contribution is 5.94. The number of carbonyl (C=O) groups is 1. The topological polar surface area (TPSA) is 38.3 Å². The van der Waals surface area contributed by atoms with Crippen LogP contribution in [0.1, 0.15) is 27.9 Å². The van der Waals surface area contributed by atoms with E-state index in [1.165, 1.54) is 11.1 Å². The molecule has 21 heavy (non-hydrogen) atoms. The summed E-state index contributed by atoms with van der Waals surface area (Å²) in [6.07, 6.45) is 1.90. The number of ether oxygens (including phenoxy) is 1. The van der Waals surface area contributed by atoms with Gasteiger partial charge in [0.05, 0.1) is 7.11 Å². The molecule has 1 N–H and O–H groups in total. The van der Waals surface area contributed by atoms with Crippen LogP contribution in [0.3, 0.4) is 0 Å². The number of rotatable bonds is 6. The van der Waals surface area contributed by atoms with Crippen molar-refractivity contribution in [1.82, 2.24) is 5.32 Å². The molecule has 0 aromatic heterocycles. The van der Waals surface area contributed by atoms with E-state index in [-0.39, 0.29) is 5.91 Å². The van der Waals surface area contributed by atoms with Crippen molar-refractivity contribution in [2.45, 2.75) is 19.8 Å². The molecule has 0 unspecified atom stereocenters. The first-order valence-electron chi connectivity index (χ1n) is 7.17. The summed E-state index contributed by atoms with van der Waals surface area (Å²) in [5.74, 6) is 0.639. The van der Waals surface area contributed by atoms with Gasteiger partial charge in [-0.05, 0) is 43.5 Å². The van der Waals surface area contributed by atoms with Crippen molar-refractivity contribution >= 4 is 5.91 Å². The van der Waals surface area contributed by atoms with Crippen LogP contribution in [-0.4, -0.2) is 19.6 Å². The number of aryl methyl sites for hydroxylation is 2. The summed E-state index contributed by atoms with van der Waals surface area (Å²) < 4.78 is 5.12. The fourth-order valence-corrected chi connectivity index (χ4v) is 2.12. The average Bonchev–Trinajstić information content (AvgIpc) is 2.53. The minimum Gasteiger partial charge on any atom is -0.497 e. The van der Waals surface area contributed by atoms with Gasteiger partial charge in [-0.15, -0.1) is 0 Å². The third kappa shape index (κ3) is 4.63. The zero-order valence-corrected chi connectivity index (χ0v) is 12.6. The van der Waals surface area contributed by atoms with Gasteiger partial charge in [-0.25, -0.2) is 0 Å². The number of carbonyl (C=O) groups excluding carboxylic acids is 1. The van der Waals surface area contributed by atoms with Gasteiger partial charge in [0.2, 0.25) is 0 Å². The number of methoxy groups -OCH3 is 1. The molecule has 0 saturated carbocycles. The summed E-state index contributed by atoms with van der Waals surface area (Å²) in [4.78, 5) is 12.0. The minimum atomic E-state index is -0.0576. The Morgan fingerprint density at radius 1 is 1.14 bits per heavy atom. The summed E-state index contributed by atoms with van der Waals surface area (Å²) in [5, 5.41) is 2.94. The average molecular weight is 283 g/mol. The fourth-order valence-electron chi connectivity index (χ4n) is 2.12. The Hall–Kier alpha value is -2.29. The first kappa shape index (κ1) is 15.1. The fraction of sp³-hybridized carbons (Fsp3) is 0.278. The number of nitrogens with one attached hydrogen (secondary N) is 1. The summed E-state index contributed by atoms with van der Waals surface area (Å²) >= 11 is 0. The molecule has 2 rings (SSSR count). The molecule has 0 radical (unpaired) electrons. The second kappa shape index (κ2) is 7.48. The Morgan fingerprint density at radius 3 is 2.62 bits per heavy atom. The van der Waals surface area contributed by atoms with E-state index in [0.717, 1.165) is 12.8 Å². The Kier molecular flexibility index (Phi) is 5.38. The van der Waals surface area contributed by atoms with E-state index in [4.69, 9.17) is 4.74 Å². The molecule has 0 bridgehead atoms. The monoisotopic (exact) mass is 283 g/mol. The summed E-state index contributed by atoms with van der Waals surface area (Å²) in [6.45, 7) is 2.75. The molecular formula is C18H21NO2. The molecule has 0 spiro atoms. The zero-order valence-electron chi connectivity index (χ0n) is 12.6. The van der Waals surface area contributed by atoms with Gasteiger partial charge in [-0.1, -0.05) is 35.9 Å². The summed E-state index contributed by atoms with van der Waals surface area (Å²) in [6, 6.07) is 15.7. The number of amides is 1. The lowest BCUT2D eigenvalue weighted by atomic mass is 10.1. The van der Waals surface area contributed by atoms with Crippen molar-refractivity contribution in [3.63, 3.8) is 0 Å². The second-order valence-electron chi connectivity index (χ2n) is 5.08. The Morgan fingerprint density at radius 2 is 1.90 bits per heavy atom. The zero-order chi connectivity index (χ0) is 15.1. The molecule has 0 aliphatic heterocycles. The molecule has 0 aliphatic carbocycles. The Bertz CT molecular complexity index is 590. The van der Waals surface area contributed by atoms with E-state index in [1.54, 1.807) is 19.2 Å². The van der Waals surface area contributed by atoms with Gasteiger partial charge in [0.1, 0.15) is 5.75 Å². The quantitative estimate of drug-likeness (QED) is 0.825. The minimum absolute atomic E-state index is 0.0576. The highest BCUT2D eigenvalue weighted by Crippen LogP contribution is 2.12. The number of benzene rings is 2. The largest absolute Gasteiger partial charge is 0.497 e. The van der Waals surface area contributed by atoms with Crippen LogP contribution < -0.4 is 10.1 Å². The maximum absolute atomic E-state index is 12.0. The smallest absolute Gasteiger partial charge is 0.251 e. The van der Waals surface area contributed by atoms with Crippen LogP contribution in [0.15, 0.2) is 48.5 Å². The van der Waals surface area contributed by atoms with E-state index in [9.17, 15) is 4.79 Å². The normalized spacial score (nSPS) is 10.2. The van der Waals surface area contributed by atoms with E-state index in [2.05, 4.69) is 36.5 Å². The SMILES string of the molecule is COc1cccc(C(=O)NCCCc2ccc(C)cc2)c1. The molecule has 0 atom stereocenters. The Labute approximate surface area is 126 Å². The summed E-state index contributed by atoms with van der Waals surface area (Å²) in [7, 11) is 1.60. The van der Waals surface area contributed by atoms with Crippen LogP contribution >= 0.6 is 0 Å². The van der Waals surface area contributed by atoms with Crippen molar-refractivity contribution in [1.29, 1.82) is 0 Å². The maximum Gasteiger partial charge on any atom is 0.251 e. The van der Waals surface area contributed by atoms with Crippen LogP contribution in [0, 0.1) is 6.92 Å². The predicted octanol–water partition coefficient (Wildman–Crippen LogP) is 3.37. The molecule has 2 aromatic carbocycles. The standard InChI is InChI=1S/C18H21NO2/c1-14-8-10-15(11-9-14)5-4-12-19-18(20)16-6-3-7-17(13-16)21-2/h3,6-11,13H,4-5,12H2,1-2H3,(H,19,20). The molecule has 1 amide bonds. The van der Waals surface area contributed by atoms with Crippen LogP contribution in [0.2, 0.25) is 0 Å². The molecule has 0 saturated heterocycles. The van der Waals surface area contributed by atoms with Gasteiger partial charge in [0.15, 0.2) is 0 Å². The van der Waals surface area contributed by atoms with Crippen LogP contribution in [0.25, 0.3) is 0 Å². The van der Waals surface area contributed by atoms with Gasteiger partial charge in [-0.2, -0.15) is 0 Å². The van der Waals surface area contributed by atoms with Crippen molar-refractivity contribution in [3.8, 4) is 5.75 Å². The lowest BCUT2D eigenvalue weighted by Crippen LogP contribution is -2.24. The highest BCUT2D eigenvalue weighted by atomic mass is 16.5. The van der Waals surface area contributed by atoms with Gasteiger partial charge in [-0.3, -0.25) is 4.79 Å². The second-order valence-corrected chi connectivity index (χ2v) is 5.08. The molecule has 3 heteroatoms. The third-order valence-electron chi connectivity index (χ3n) is 3.38. The lowest BCUT2D eigenvalue weighted by molar-refractivity contribution is 0.0953. The predicted molar refractivity (Wildman–Crippen MR) is 84.8 cm³/mol. The van der Waals surface area contributed by atoms with E-state index < -0.39 is 0 Å². The van der Waals surface area contributed by atoms with Gasteiger partial charge < -0.3 is 10.1 Å². The number of hydrogen-bond donors (Lipinski definition) is 1. The van der Waals surface area contributed by atoms with Crippen molar-refractivity contribution < 1.29 is 9.53 Å². The molecular weight excluding hydrogens is 262 g/mol. The van der Waals surface area contributed by atoms with Crippen LogP contribution in [0.4, 0.5) is 0 Å². The molecule has 3 nitrogen and oxygen atoms in total. The third-order valence-corrected chi connectivity index (χ3v) is 3.38. The first-order chi connectivity index (χ1) is 10.2. The molecule has 0 fully saturated rings. The van der Waals surface area contributed by atoms with E-state index in [0.29, 0.717) is 17.9 Å². The van der Waals surface area contributed by atoms with Gasteiger partial charge in [0, 0.05) is 12.1 Å². The van der Waals surface area contributed by atoms with E-state index >= 15 is 0 Å². The van der Waals surface area contributed by atoms with Crippen LogP contribution in [0.5, 0.6) is 5.75 Å². The van der Waals surface area contributed by atoms with Gasteiger partial charge in [0.25, 0.3) is 5.91 Å².